The smallest absolute Gasteiger partial charge is 0.145 e. The second-order valence-electron chi connectivity index (χ2n) is 12.7. The van der Waals surface area contributed by atoms with Gasteiger partial charge in [-0.05, 0) is 109 Å². The molecule has 6 aromatic rings. The second-order valence-corrected chi connectivity index (χ2v) is 12.7. The van der Waals surface area contributed by atoms with E-state index in [4.69, 9.17) is 30.9 Å². The molecule has 8 nitrogen and oxygen atoms in total. The fraction of sp³-hybridized carbons (Fsp3) is 0.263. The molecule has 2 aliphatic rings. The van der Waals surface area contributed by atoms with E-state index in [2.05, 4.69) is 59.4 Å². The number of allylic oxidation sites excluding steroid dienone is 2. The van der Waals surface area contributed by atoms with Crippen molar-refractivity contribution in [2.24, 2.45) is 11.8 Å². The van der Waals surface area contributed by atoms with Gasteiger partial charge >= 0.3 is 0 Å². The number of rotatable bonds is 4. The van der Waals surface area contributed by atoms with E-state index in [1.807, 2.05) is 24.3 Å². The van der Waals surface area contributed by atoms with Crippen molar-refractivity contribution < 1.29 is 9.47 Å². The summed E-state index contributed by atoms with van der Waals surface area (Å²) >= 11 is 0. The minimum Gasteiger partial charge on any atom is -0.497 e. The molecule has 0 aliphatic heterocycles. The normalized spacial score (nSPS) is 19.3. The summed E-state index contributed by atoms with van der Waals surface area (Å²) in [6, 6.07) is 20.7. The molecular weight excluding hydrogens is 572 g/mol. The molecular formula is C38H38N6O2. The van der Waals surface area contributed by atoms with Crippen LogP contribution in [0, 0.1) is 11.8 Å². The van der Waals surface area contributed by atoms with Crippen molar-refractivity contribution >= 4 is 44.6 Å². The highest BCUT2D eigenvalue weighted by Crippen LogP contribution is 2.52. The highest BCUT2D eigenvalue weighted by Gasteiger charge is 2.37. The van der Waals surface area contributed by atoms with Crippen molar-refractivity contribution in [3.05, 3.63) is 95.6 Å². The molecule has 2 aromatic carbocycles. The lowest BCUT2D eigenvalue weighted by molar-refractivity contribution is 0.414. The predicted molar refractivity (Wildman–Crippen MR) is 186 cm³/mol. The zero-order chi connectivity index (χ0) is 31.7. The highest BCUT2D eigenvalue weighted by molar-refractivity contribution is 6.09. The number of methoxy groups -OCH3 is 2. The number of fused-ring (bicyclic) bond motifs is 6. The van der Waals surface area contributed by atoms with Crippen molar-refractivity contribution in [3.63, 3.8) is 0 Å². The quantitative estimate of drug-likeness (QED) is 0.213. The molecule has 4 aromatic heterocycles. The molecule has 0 saturated heterocycles. The van der Waals surface area contributed by atoms with Crippen LogP contribution in [0.4, 0.5) is 11.4 Å². The Bertz CT molecular complexity index is 2020. The average Bonchev–Trinajstić information content (AvgIpc) is 3.57. The van der Waals surface area contributed by atoms with Crippen molar-refractivity contribution in [3.8, 4) is 22.9 Å². The molecule has 0 saturated carbocycles. The van der Waals surface area contributed by atoms with E-state index in [1.54, 1.807) is 26.6 Å². The molecule has 0 spiro atoms. The summed E-state index contributed by atoms with van der Waals surface area (Å²) in [5, 5.41) is 2.19. The Morgan fingerprint density at radius 2 is 1.02 bits per heavy atom. The third-order valence-electron chi connectivity index (χ3n) is 9.96. The van der Waals surface area contributed by atoms with Gasteiger partial charge < -0.3 is 20.9 Å². The van der Waals surface area contributed by atoms with E-state index in [9.17, 15) is 0 Å². The predicted octanol–water partition coefficient (Wildman–Crippen LogP) is 7.62. The van der Waals surface area contributed by atoms with Crippen LogP contribution in [-0.4, -0.2) is 33.3 Å². The van der Waals surface area contributed by atoms with Crippen LogP contribution in [0.5, 0.6) is 11.5 Å². The molecule has 0 fully saturated rings. The maximum absolute atomic E-state index is 6.45. The number of nitrogens with zero attached hydrogens (tertiary/aromatic N) is 4. The number of nitrogens with two attached hydrogens (primary N) is 2. The number of ether oxygens (including phenoxy) is 2. The maximum Gasteiger partial charge on any atom is 0.145 e. The molecule has 4 heterocycles. The highest BCUT2D eigenvalue weighted by atomic mass is 16.5. The molecule has 4 N–H and O–H groups in total. The monoisotopic (exact) mass is 610 g/mol. The Hall–Kier alpha value is -5.24. The largest absolute Gasteiger partial charge is 0.497 e. The number of hydrogen-bond donors (Lipinski definition) is 2. The van der Waals surface area contributed by atoms with E-state index >= 15 is 0 Å². The first kappa shape index (κ1) is 28.2. The molecule has 232 valence electrons. The second kappa shape index (κ2) is 10.7. The first-order chi connectivity index (χ1) is 22.4. The zero-order valence-corrected chi connectivity index (χ0v) is 26.7. The molecule has 0 amide bonds. The average molecular weight is 611 g/mol. The Morgan fingerprint density at radius 1 is 0.630 bits per heavy atom. The molecule has 46 heavy (non-hydrogen) atoms. The van der Waals surface area contributed by atoms with Gasteiger partial charge in [0.2, 0.25) is 0 Å². The third kappa shape index (κ3) is 4.20. The minimum atomic E-state index is 0.334. The topological polar surface area (TPSA) is 106 Å². The van der Waals surface area contributed by atoms with Crippen LogP contribution in [0.2, 0.25) is 0 Å². The van der Waals surface area contributed by atoms with Gasteiger partial charge in [-0.1, -0.05) is 13.8 Å². The van der Waals surface area contributed by atoms with Crippen molar-refractivity contribution in [1.82, 2.24) is 19.1 Å². The first-order valence-corrected chi connectivity index (χ1v) is 16.0. The number of benzene rings is 2. The molecule has 8 heteroatoms. The third-order valence-corrected chi connectivity index (χ3v) is 9.96. The van der Waals surface area contributed by atoms with Gasteiger partial charge in [0.1, 0.15) is 22.8 Å². The fourth-order valence-electron chi connectivity index (χ4n) is 7.84. The van der Waals surface area contributed by atoms with Crippen LogP contribution < -0.4 is 20.9 Å². The molecule has 0 radical (unpaired) electrons. The van der Waals surface area contributed by atoms with Gasteiger partial charge in [-0.3, -0.25) is 9.13 Å². The SMILES string of the molecule is COc1ccc(-n2c3c(c4cc(N)cnc42)/C(=C2/c4c(n(-c5ccc(OC)cc5)c5ncc(N)cc45)CCC2C)C(C)CC3)cc1. The van der Waals surface area contributed by atoms with Crippen LogP contribution in [0.25, 0.3) is 44.6 Å². The van der Waals surface area contributed by atoms with E-state index in [0.29, 0.717) is 23.2 Å². The maximum atomic E-state index is 6.45. The van der Waals surface area contributed by atoms with Gasteiger partial charge in [-0.25, -0.2) is 9.97 Å². The van der Waals surface area contributed by atoms with Gasteiger partial charge in [0.15, 0.2) is 0 Å². The Balaban J connectivity index is 1.46. The Kier molecular flexibility index (Phi) is 6.56. The summed E-state index contributed by atoms with van der Waals surface area (Å²) in [5.41, 5.74) is 26.0. The van der Waals surface area contributed by atoms with E-state index in [1.165, 1.54) is 33.7 Å². The lowest BCUT2D eigenvalue weighted by atomic mass is 9.72. The lowest BCUT2D eigenvalue weighted by Gasteiger charge is -2.33. The van der Waals surface area contributed by atoms with Crippen molar-refractivity contribution in [1.29, 1.82) is 0 Å². The number of anilines is 2. The molecule has 2 atom stereocenters. The number of pyridine rings is 2. The first-order valence-electron chi connectivity index (χ1n) is 16.0. The molecule has 2 aliphatic carbocycles. The summed E-state index contributed by atoms with van der Waals surface area (Å²) in [6.45, 7) is 4.75. The summed E-state index contributed by atoms with van der Waals surface area (Å²) < 4.78 is 15.6. The number of nitrogen functional groups attached to an aromatic ring is 2. The molecule has 8 rings (SSSR count). The van der Waals surface area contributed by atoms with Crippen molar-refractivity contribution in [2.45, 2.75) is 39.5 Å². The van der Waals surface area contributed by atoms with Gasteiger partial charge in [0.05, 0.1) is 38.0 Å². The van der Waals surface area contributed by atoms with Crippen LogP contribution in [0.1, 0.15) is 49.2 Å². The molecule has 0 bridgehead atoms. The fourth-order valence-corrected chi connectivity index (χ4v) is 7.84. The van der Waals surface area contributed by atoms with Crippen LogP contribution in [0.3, 0.4) is 0 Å². The number of aromatic nitrogens is 4. The number of hydrogen-bond acceptors (Lipinski definition) is 6. The lowest BCUT2D eigenvalue weighted by Crippen LogP contribution is -2.19. The summed E-state index contributed by atoms with van der Waals surface area (Å²) in [7, 11) is 3.39. The van der Waals surface area contributed by atoms with Crippen LogP contribution >= 0.6 is 0 Å². The Morgan fingerprint density at radius 3 is 1.39 bits per heavy atom. The van der Waals surface area contributed by atoms with Crippen molar-refractivity contribution in [2.75, 3.05) is 25.7 Å². The van der Waals surface area contributed by atoms with Crippen LogP contribution in [-0.2, 0) is 12.8 Å². The summed E-state index contributed by atoms with van der Waals surface area (Å²) in [6.07, 6.45) is 7.49. The van der Waals surface area contributed by atoms with Gasteiger partial charge in [-0.2, -0.15) is 0 Å². The van der Waals surface area contributed by atoms with E-state index in [0.717, 1.165) is 70.6 Å². The van der Waals surface area contributed by atoms with Gasteiger partial charge in [-0.15, -0.1) is 0 Å². The molecule has 2 unspecified atom stereocenters. The van der Waals surface area contributed by atoms with Crippen LogP contribution in [0.15, 0.2) is 73.1 Å². The van der Waals surface area contributed by atoms with Gasteiger partial charge in [0.25, 0.3) is 0 Å². The van der Waals surface area contributed by atoms with E-state index < -0.39 is 0 Å². The van der Waals surface area contributed by atoms with E-state index in [-0.39, 0.29) is 0 Å². The van der Waals surface area contributed by atoms with Gasteiger partial charge in [0, 0.05) is 44.7 Å². The summed E-state index contributed by atoms with van der Waals surface area (Å²) in [4.78, 5) is 9.87. The standard InChI is InChI=1S/C38H38N6O2/c1-21-5-15-31-35(29-17-23(39)19-41-37(29)43(31)25-7-11-27(45-3)12-8-25)33(21)34-22(2)6-16-32-36(34)30-18-24(40)20-42-38(30)44(32)26-9-13-28(46-4)14-10-26/h7-14,17-22H,5-6,15-16,39-40H2,1-4H3/b34-33+. The summed E-state index contributed by atoms with van der Waals surface area (Å²) in [5.74, 6) is 2.32. The minimum absolute atomic E-state index is 0.334. The zero-order valence-electron chi connectivity index (χ0n) is 26.7. The Labute approximate surface area is 268 Å².